The minimum atomic E-state index is -1.09. The summed E-state index contributed by atoms with van der Waals surface area (Å²) in [6.07, 6.45) is 0. The molecule has 0 radical (unpaired) electrons. The van der Waals surface area contributed by atoms with E-state index in [1.807, 2.05) is 26.8 Å². The normalized spacial score (nSPS) is 10.6. The maximum atomic E-state index is 11.3. The lowest BCUT2D eigenvalue weighted by Gasteiger charge is -2.15. The van der Waals surface area contributed by atoms with E-state index < -0.39 is 5.97 Å². The van der Waals surface area contributed by atoms with Crippen molar-refractivity contribution in [2.45, 2.75) is 20.8 Å². The second-order valence-corrected chi connectivity index (χ2v) is 4.68. The molecule has 1 aromatic carbocycles. The van der Waals surface area contributed by atoms with Crippen LogP contribution in [0.1, 0.15) is 27.2 Å². The molecule has 0 fully saturated rings. The molecule has 0 atom stereocenters. The van der Waals surface area contributed by atoms with Crippen LogP contribution in [0.5, 0.6) is 5.75 Å². The number of nitrogens with one attached hydrogen (secondary N) is 1. The highest BCUT2D eigenvalue weighted by atomic mass is 16.5. The van der Waals surface area contributed by atoms with Gasteiger partial charge in [0.1, 0.15) is 11.4 Å². The third kappa shape index (κ3) is 2.09. The van der Waals surface area contributed by atoms with Crippen LogP contribution in [0, 0.1) is 20.8 Å². The van der Waals surface area contributed by atoms with Gasteiger partial charge in [-0.05, 0) is 43.5 Å². The highest BCUT2D eigenvalue weighted by Gasteiger charge is 2.21. The van der Waals surface area contributed by atoms with E-state index in [4.69, 9.17) is 10.5 Å². The third-order valence-corrected chi connectivity index (χ3v) is 3.42. The van der Waals surface area contributed by atoms with Gasteiger partial charge in [-0.2, -0.15) is 0 Å². The Bertz CT molecular complexity index is 689. The molecule has 0 aliphatic rings. The van der Waals surface area contributed by atoms with Crippen LogP contribution in [0.15, 0.2) is 6.07 Å². The van der Waals surface area contributed by atoms with Crippen LogP contribution in [-0.4, -0.2) is 28.2 Å². The van der Waals surface area contributed by atoms with Gasteiger partial charge in [0.15, 0.2) is 11.6 Å². The van der Waals surface area contributed by atoms with E-state index in [9.17, 15) is 9.90 Å². The minimum Gasteiger partial charge on any atom is -0.496 e. The molecular formula is C14H17N3O3. The number of anilines is 1. The van der Waals surface area contributed by atoms with Crippen molar-refractivity contribution in [1.29, 1.82) is 0 Å². The summed E-state index contributed by atoms with van der Waals surface area (Å²) in [5, 5.41) is 9.22. The number of nitrogens with two attached hydrogens (primary N) is 1. The fraction of sp³-hybridized carbons (Fsp3) is 0.286. The number of carbonyl (C=O) groups is 1. The summed E-state index contributed by atoms with van der Waals surface area (Å²) in [7, 11) is 1.61. The minimum absolute atomic E-state index is 0.00503. The number of ether oxygens (including phenoxy) is 1. The van der Waals surface area contributed by atoms with Gasteiger partial charge in [0.05, 0.1) is 7.11 Å². The standard InChI is InChI=1S/C14H17N3O3/c1-6-5-9(7(2)8(3)12(6)20-4)10-11(13(18)19)17-14(15)16-10/h5H,1-4H3,(H,18,19)(H3,15,16,17). The molecule has 1 aromatic heterocycles. The quantitative estimate of drug-likeness (QED) is 0.797. The van der Waals surface area contributed by atoms with E-state index in [1.165, 1.54) is 0 Å². The van der Waals surface area contributed by atoms with Gasteiger partial charge in [0.2, 0.25) is 0 Å². The van der Waals surface area contributed by atoms with Crippen molar-refractivity contribution in [2.24, 2.45) is 0 Å². The van der Waals surface area contributed by atoms with Crippen molar-refractivity contribution >= 4 is 11.9 Å². The molecule has 0 spiro atoms. The lowest BCUT2D eigenvalue weighted by molar-refractivity contribution is 0.0692. The number of nitrogens with zero attached hydrogens (tertiary/aromatic N) is 1. The summed E-state index contributed by atoms with van der Waals surface area (Å²) in [6, 6.07) is 1.86. The topological polar surface area (TPSA) is 101 Å². The van der Waals surface area contributed by atoms with E-state index in [0.29, 0.717) is 5.69 Å². The molecule has 106 valence electrons. The van der Waals surface area contributed by atoms with Gasteiger partial charge in [-0.3, -0.25) is 0 Å². The second kappa shape index (κ2) is 4.88. The van der Waals surface area contributed by atoms with Crippen LogP contribution in [0.3, 0.4) is 0 Å². The highest BCUT2D eigenvalue weighted by Crippen LogP contribution is 2.35. The van der Waals surface area contributed by atoms with E-state index in [-0.39, 0.29) is 11.6 Å². The van der Waals surface area contributed by atoms with Crippen molar-refractivity contribution in [1.82, 2.24) is 9.97 Å². The average molecular weight is 275 g/mol. The van der Waals surface area contributed by atoms with E-state index in [0.717, 1.165) is 28.0 Å². The first kappa shape index (κ1) is 13.9. The zero-order valence-electron chi connectivity index (χ0n) is 11.9. The van der Waals surface area contributed by atoms with Crippen molar-refractivity contribution in [2.75, 3.05) is 12.8 Å². The molecule has 2 aromatic rings. The number of hydrogen-bond donors (Lipinski definition) is 3. The first-order chi connectivity index (χ1) is 9.36. The number of nitrogen functional groups attached to an aromatic ring is 1. The van der Waals surface area contributed by atoms with Crippen molar-refractivity contribution in [3.05, 3.63) is 28.5 Å². The number of carboxylic acids is 1. The number of aryl methyl sites for hydroxylation is 1. The van der Waals surface area contributed by atoms with E-state index in [2.05, 4.69) is 9.97 Å². The smallest absolute Gasteiger partial charge is 0.354 e. The monoisotopic (exact) mass is 275 g/mol. The summed E-state index contributed by atoms with van der Waals surface area (Å²) in [4.78, 5) is 17.9. The summed E-state index contributed by atoms with van der Waals surface area (Å²) in [5.74, 6) is -0.204. The zero-order chi connectivity index (χ0) is 15.0. The number of aromatic carboxylic acids is 1. The van der Waals surface area contributed by atoms with Crippen molar-refractivity contribution < 1.29 is 14.6 Å². The van der Waals surface area contributed by atoms with Gasteiger partial charge in [-0.1, -0.05) is 0 Å². The van der Waals surface area contributed by atoms with Crippen LogP contribution >= 0.6 is 0 Å². The Kier molecular flexibility index (Phi) is 3.40. The molecule has 0 saturated carbocycles. The number of H-pyrrole nitrogens is 1. The van der Waals surface area contributed by atoms with Gasteiger partial charge in [-0.15, -0.1) is 0 Å². The lowest BCUT2D eigenvalue weighted by Crippen LogP contribution is -2.02. The molecule has 0 aliphatic heterocycles. The second-order valence-electron chi connectivity index (χ2n) is 4.68. The predicted octanol–water partition coefficient (Wildman–Crippen LogP) is 2.29. The SMILES string of the molecule is COc1c(C)cc(-c2nc(N)[nH]c2C(=O)O)c(C)c1C. The molecule has 20 heavy (non-hydrogen) atoms. The maximum absolute atomic E-state index is 11.3. The number of hydrogen-bond acceptors (Lipinski definition) is 4. The molecule has 0 amide bonds. The number of imidazole rings is 1. The number of benzene rings is 1. The van der Waals surface area contributed by atoms with Crippen LogP contribution in [0.4, 0.5) is 5.95 Å². The van der Waals surface area contributed by atoms with E-state index in [1.54, 1.807) is 7.11 Å². The molecule has 0 saturated heterocycles. The molecular weight excluding hydrogens is 258 g/mol. The highest BCUT2D eigenvalue weighted by molar-refractivity contribution is 5.94. The van der Waals surface area contributed by atoms with Crippen LogP contribution < -0.4 is 10.5 Å². The Labute approximate surface area is 116 Å². The molecule has 6 nitrogen and oxygen atoms in total. The Morgan fingerprint density at radius 3 is 2.55 bits per heavy atom. The largest absolute Gasteiger partial charge is 0.496 e. The van der Waals surface area contributed by atoms with Crippen LogP contribution in [0.2, 0.25) is 0 Å². The third-order valence-electron chi connectivity index (χ3n) is 3.42. The summed E-state index contributed by atoms with van der Waals surface area (Å²) >= 11 is 0. The maximum Gasteiger partial charge on any atom is 0.354 e. The first-order valence-electron chi connectivity index (χ1n) is 6.10. The molecule has 4 N–H and O–H groups in total. The van der Waals surface area contributed by atoms with Gasteiger partial charge >= 0.3 is 5.97 Å². The number of aromatic nitrogens is 2. The van der Waals surface area contributed by atoms with E-state index >= 15 is 0 Å². The Morgan fingerprint density at radius 2 is 2.00 bits per heavy atom. The molecule has 0 unspecified atom stereocenters. The first-order valence-corrected chi connectivity index (χ1v) is 6.10. The van der Waals surface area contributed by atoms with Gasteiger partial charge in [0, 0.05) is 5.56 Å². The van der Waals surface area contributed by atoms with Crippen molar-refractivity contribution in [3.63, 3.8) is 0 Å². The predicted molar refractivity (Wildman–Crippen MR) is 76.2 cm³/mol. The summed E-state index contributed by atoms with van der Waals surface area (Å²) in [6.45, 7) is 5.75. The molecule has 6 heteroatoms. The number of rotatable bonds is 3. The molecule has 0 bridgehead atoms. The molecule has 2 rings (SSSR count). The van der Waals surface area contributed by atoms with Crippen LogP contribution in [-0.2, 0) is 0 Å². The van der Waals surface area contributed by atoms with Gasteiger partial charge in [-0.25, -0.2) is 9.78 Å². The van der Waals surface area contributed by atoms with Crippen molar-refractivity contribution in [3.8, 4) is 17.0 Å². The number of aromatic amines is 1. The average Bonchev–Trinajstić information content (AvgIpc) is 2.76. The van der Waals surface area contributed by atoms with Gasteiger partial charge < -0.3 is 20.6 Å². The fourth-order valence-electron chi connectivity index (χ4n) is 2.36. The molecule has 1 heterocycles. The molecule has 0 aliphatic carbocycles. The van der Waals surface area contributed by atoms with Crippen LogP contribution in [0.25, 0.3) is 11.3 Å². The van der Waals surface area contributed by atoms with Gasteiger partial charge in [0.25, 0.3) is 0 Å². The Balaban J connectivity index is 2.74. The zero-order valence-corrected chi connectivity index (χ0v) is 11.9. The Hall–Kier alpha value is -2.50. The lowest BCUT2D eigenvalue weighted by atomic mass is 9.96. The Morgan fingerprint density at radius 1 is 1.35 bits per heavy atom. The fourth-order valence-corrected chi connectivity index (χ4v) is 2.36. The number of methoxy groups -OCH3 is 1. The summed E-state index contributed by atoms with van der Waals surface area (Å²) < 4.78 is 5.36. The number of carboxylic acid groups (broad SMARTS) is 1. The summed E-state index contributed by atoms with van der Waals surface area (Å²) in [5.41, 5.74) is 9.46.